The van der Waals surface area contributed by atoms with Gasteiger partial charge in [-0.3, -0.25) is 0 Å². The van der Waals surface area contributed by atoms with Gasteiger partial charge < -0.3 is 5.32 Å². The Hall–Kier alpha value is -1.35. The van der Waals surface area contributed by atoms with E-state index in [2.05, 4.69) is 14.9 Å². The quantitative estimate of drug-likeness (QED) is 0.859. The van der Waals surface area contributed by atoms with Crippen molar-refractivity contribution < 1.29 is 8.42 Å². The number of primary sulfonamides is 1. The molecule has 0 amide bonds. The van der Waals surface area contributed by atoms with Crippen LogP contribution in [0, 0.1) is 0 Å². The van der Waals surface area contributed by atoms with Crippen molar-refractivity contribution in [3.63, 3.8) is 0 Å². The van der Waals surface area contributed by atoms with Crippen LogP contribution in [-0.4, -0.2) is 18.0 Å². The Morgan fingerprint density at radius 1 is 1.37 bits per heavy atom. The summed E-state index contributed by atoms with van der Waals surface area (Å²) in [6.45, 7) is 2.61. The summed E-state index contributed by atoms with van der Waals surface area (Å²) in [5, 5.41) is 14.1. The largest absolute Gasteiger partial charge is 0.304 e. The molecule has 0 spiro atoms. The van der Waals surface area contributed by atoms with Crippen LogP contribution in [0.15, 0.2) is 34.5 Å². The Morgan fingerprint density at radius 2 is 2.05 bits per heavy atom. The van der Waals surface area contributed by atoms with Gasteiger partial charge in [0.05, 0.1) is 10.6 Å². The molecule has 0 aliphatic carbocycles. The lowest BCUT2D eigenvalue weighted by Gasteiger charge is -2.13. The van der Waals surface area contributed by atoms with E-state index in [1.807, 2.05) is 12.3 Å². The van der Waals surface area contributed by atoms with Gasteiger partial charge in [-0.25, -0.2) is 13.6 Å². The first-order valence-corrected chi connectivity index (χ1v) is 7.97. The molecule has 1 aromatic heterocycles. The molecule has 1 unspecified atom stereocenters. The van der Waals surface area contributed by atoms with Gasteiger partial charge in [0.15, 0.2) is 0 Å². The summed E-state index contributed by atoms with van der Waals surface area (Å²) in [6.07, 6.45) is 0. The zero-order valence-corrected chi connectivity index (χ0v) is 11.9. The molecule has 1 atom stereocenters. The van der Waals surface area contributed by atoms with E-state index in [1.165, 1.54) is 23.7 Å². The van der Waals surface area contributed by atoms with E-state index in [9.17, 15) is 8.42 Å². The number of nitrogens with one attached hydrogen (secondary N) is 1. The first-order valence-electron chi connectivity index (χ1n) is 5.59. The highest BCUT2D eigenvalue weighted by atomic mass is 32.2. The fourth-order valence-electron chi connectivity index (χ4n) is 1.58. The number of sulfonamides is 1. The van der Waals surface area contributed by atoms with Crippen molar-refractivity contribution in [1.82, 2.24) is 14.9 Å². The Kier molecular flexibility index (Phi) is 4.25. The first-order chi connectivity index (χ1) is 8.97. The normalized spacial score (nSPS) is 13.4. The van der Waals surface area contributed by atoms with Crippen molar-refractivity contribution >= 4 is 21.6 Å². The topological polar surface area (TPSA) is 98.0 Å². The fraction of sp³-hybridized carbons (Fsp3) is 0.273. The first kappa shape index (κ1) is 14.1. The van der Waals surface area contributed by atoms with E-state index in [0.29, 0.717) is 6.54 Å². The van der Waals surface area contributed by atoms with Crippen LogP contribution in [0.1, 0.15) is 24.2 Å². The van der Waals surface area contributed by atoms with Crippen molar-refractivity contribution in [2.75, 3.05) is 0 Å². The van der Waals surface area contributed by atoms with Crippen LogP contribution in [0.2, 0.25) is 0 Å². The molecule has 8 heteroatoms. The SMILES string of the molecule is CC(NCc1csnn1)c1ccc(S(N)(=O)=O)cc1. The van der Waals surface area contributed by atoms with E-state index in [0.717, 1.165) is 11.3 Å². The van der Waals surface area contributed by atoms with Gasteiger partial charge in [0.2, 0.25) is 10.0 Å². The number of aromatic nitrogens is 2. The molecule has 0 fully saturated rings. The summed E-state index contributed by atoms with van der Waals surface area (Å²) in [7, 11) is -3.63. The van der Waals surface area contributed by atoms with Crippen molar-refractivity contribution in [3.05, 3.63) is 40.9 Å². The minimum atomic E-state index is -3.63. The highest BCUT2D eigenvalue weighted by Gasteiger charge is 2.10. The van der Waals surface area contributed by atoms with Crippen LogP contribution >= 0.6 is 11.5 Å². The molecule has 19 heavy (non-hydrogen) atoms. The van der Waals surface area contributed by atoms with Crippen molar-refractivity contribution in [2.45, 2.75) is 24.4 Å². The Bertz CT molecular complexity index is 623. The summed E-state index contributed by atoms with van der Waals surface area (Å²) in [5.41, 5.74) is 1.87. The van der Waals surface area contributed by atoms with Gasteiger partial charge >= 0.3 is 0 Å². The van der Waals surface area contributed by atoms with Crippen LogP contribution in [0.4, 0.5) is 0 Å². The third kappa shape index (κ3) is 3.80. The molecule has 0 aliphatic rings. The molecule has 0 saturated carbocycles. The smallest absolute Gasteiger partial charge is 0.238 e. The molecule has 0 radical (unpaired) electrons. The van der Waals surface area contributed by atoms with Gasteiger partial charge in [0.25, 0.3) is 0 Å². The van der Waals surface area contributed by atoms with Crippen LogP contribution in [0.5, 0.6) is 0 Å². The van der Waals surface area contributed by atoms with E-state index in [-0.39, 0.29) is 10.9 Å². The summed E-state index contributed by atoms with van der Waals surface area (Å²) in [4.78, 5) is 0.118. The minimum absolute atomic E-state index is 0.0798. The lowest BCUT2D eigenvalue weighted by atomic mass is 10.1. The van der Waals surface area contributed by atoms with Crippen LogP contribution in [-0.2, 0) is 16.6 Å². The van der Waals surface area contributed by atoms with E-state index in [1.54, 1.807) is 12.1 Å². The average molecular weight is 298 g/mol. The van der Waals surface area contributed by atoms with Gasteiger partial charge in [-0.2, -0.15) is 0 Å². The number of rotatable bonds is 5. The number of benzene rings is 1. The molecule has 2 rings (SSSR count). The molecular weight excluding hydrogens is 284 g/mol. The Balaban J connectivity index is 2.01. The highest BCUT2D eigenvalue weighted by molar-refractivity contribution is 7.89. The van der Waals surface area contributed by atoms with Crippen molar-refractivity contribution in [3.8, 4) is 0 Å². The van der Waals surface area contributed by atoms with Gasteiger partial charge in [-0.1, -0.05) is 16.6 Å². The number of nitrogens with two attached hydrogens (primary N) is 1. The summed E-state index contributed by atoms with van der Waals surface area (Å²) in [5.74, 6) is 0. The van der Waals surface area contributed by atoms with E-state index in [4.69, 9.17) is 5.14 Å². The number of hydrogen-bond donors (Lipinski definition) is 2. The van der Waals surface area contributed by atoms with Crippen LogP contribution < -0.4 is 10.5 Å². The molecule has 1 aromatic carbocycles. The predicted octanol–water partition coefficient (Wildman–Crippen LogP) is 1.04. The maximum atomic E-state index is 11.1. The standard InChI is InChI=1S/C11H14N4O2S2/c1-8(13-6-10-7-18-15-14-10)9-2-4-11(5-3-9)19(12,16)17/h2-5,7-8,13H,6H2,1H3,(H2,12,16,17). The summed E-state index contributed by atoms with van der Waals surface area (Å²) in [6, 6.07) is 6.59. The van der Waals surface area contributed by atoms with Gasteiger partial charge in [-0.05, 0) is 36.2 Å². The summed E-state index contributed by atoms with van der Waals surface area (Å²) >= 11 is 1.31. The molecule has 1 heterocycles. The second kappa shape index (κ2) is 5.74. The highest BCUT2D eigenvalue weighted by Crippen LogP contribution is 2.15. The summed E-state index contributed by atoms with van der Waals surface area (Å²) < 4.78 is 26.1. The molecule has 6 nitrogen and oxygen atoms in total. The maximum absolute atomic E-state index is 11.1. The van der Waals surface area contributed by atoms with Crippen LogP contribution in [0.25, 0.3) is 0 Å². The van der Waals surface area contributed by atoms with Crippen molar-refractivity contribution in [1.29, 1.82) is 0 Å². The zero-order valence-electron chi connectivity index (χ0n) is 10.3. The third-order valence-corrected chi connectivity index (χ3v) is 4.19. The zero-order chi connectivity index (χ0) is 13.9. The minimum Gasteiger partial charge on any atom is -0.304 e. The maximum Gasteiger partial charge on any atom is 0.238 e. The van der Waals surface area contributed by atoms with E-state index >= 15 is 0 Å². The molecule has 3 N–H and O–H groups in total. The fourth-order valence-corrected chi connectivity index (χ4v) is 2.55. The molecule has 102 valence electrons. The third-order valence-electron chi connectivity index (χ3n) is 2.70. The molecule has 0 aliphatic heterocycles. The van der Waals surface area contributed by atoms with Gasteiger partial charge in [0.1, 0.15) is 0 Å². The number of hydrogen-bond acceptors (Lipinski definition) is 6. The Labute approximate surface area is 115 Å². The molecule has 0 bridgehead atoms. The van der Waals surface area contributed by atoms with Crippen molar-refractivity contribution in [2.24, 2.45) is 5.14 Å². The molecule has 0 saturated heterocycles. The number of nitrogens with zero attached hydrogens (tertiary/aromatic N) is 2. The van der Waals surface area contributed by atoms with Gasteiger partial charge in [-0.15, -0.1) is 5.10 Å². The second-order valence-electron chi connectivity index (χ2n) is 4.11. The lowest BCUT2D eigenvalue weighted by Crippen LogP contribution is -2.18. The average Bonchev–Trinajstić information content (AvgIpc) is 2.88. The van der Waals surface area contributed by atoms with Crippen LogP contribution in [0.3, 0.4) is 0 Å². The Morgan fingerprint density at radius 3 is 2.58 bits per heavy atom. The molecule has 2 aromatic rings. The second-order valence-corrected chi connectivity index (χ2v) is 6.28. The lowest BCUT2D eigenvalue weighted by molar-refractivity contribution is 0.566. The predicted molar refractivity (Wildman–Crippen MR) is 73.0 cm³/mol. The van der Waals surface area contributed by atoms with E-state index < -0.39 is 10.0 Å². The molecular formula is C11H14N4O2S2. The van der Waals surface area contributed by atoms with Gasteiger partial charge in [0, 0.05) is 18.0 Å². The monoisotopic (exact) mass is 298 g/mol.